The highest BCUT2D eigenvalue weighted by Crippen LogP contribution is 2.76. The van der Waals surface area contributed by atoms with E-state index in [0.29, 0.717) is 35.5 Å². The lowest BCUT2D eigenvalue weighted by atomic mass is 9.33. The molecular formula is C44H65N3O3S. The number of carbonyl (C=O) groups excluding carboxylic acids is 2. The van der Waals surface area contributed by atoms with Crippen LogP contribution in [0, 0.1) is 63.6 Å². The van der Waals surface area contributed by atoms with E-state index in [1.54, 1.807) is 12.5 Å². The van der Waals surface area contributed by atoms with Crippen molar-refractivity contribution in [3.63, 3.8) is 0 Å². The van der Waals surface area contributed by atoms with E-state index in [1.807, 2.05) is 0 Å². The largest absolute Gasteiger partial charge is 0.462 e. The third-order valence-corrected chi connectivity index (χ3v) is 17.1. The molecule has 6 aliphatic rings. The zero-order valence-electron chi connectivity index (χ0n) is 33.1. The Morgan fingerprint density at radius 3 is 2.27 bits per heavy atom. The highest BCUT2D eigenvalue weighted by atomic mass is 32.1. The van der Waals surface area contributed by atoms with E-state index in [-0.39, 0.29) is 39.1 Å². The molecule has 1 amide bonds. The van der Waals surface area contributed by atoms with Gasteiger partial charge in [-0.05, 0) is 140 Å². The first-order valence-electron chi connectivity index (χ1n) is 20.3. The second-order valence-electron chi connectivity index (χ2n) is 19.3. The number of anilines is 1. The number of allylic oxidation sites excluding steroid dienone is 2. The van der Waals surface area contributed by atoms with E-state index in [4.69, 9.17) is 17.0 Å². The van der Waals surface area contributed by atoms with Crippen molar-refractivity contribution in [3.8, 4) is 0 Å². The molecule has 7 heteroatoms. The minimum absolute atomic E-state index is 0.00423. The number of fused-ring (bicyclic) bond motifs is 7. The predicted octanol–water partition coefficient (Wildman–Crippen LogP) is 9.43. The third kappa shape index (κ3) is 5.63. The number of rotatable bonds is 3. The maximum Gasteiger partial charge on any atom is 0.302 e. The molecule has 4 saturated carbocycles. The number of amides is 1. The summed E-state index contributed by atoms with van der Waals surface area (Å²) in [6.45, 7) is 24.2. The number of nitrogens with one attached hydrogen (secondary N) is 1. The van der Waals surface area contributed by atoms with Gasteiger partial charge in [-0.15, -0.1) is 0 Å². The molecule has 0 bridgehead atoms. The number of hydrogen-bond donors (Lipinski definition) is 1. The first kappa shape index (κ1) is 36.9. The summed E-state index contributed by atoms with van der Waals surface area (Å²) in [5.74, 6) is 2.76. The average Bonchev–Trinajstić information content (AvgIpc) is 3.07. The second-order valence-corrected chi connectivity index (χ2v) is 19.7. The van der Waals surface area contributed by atoms with Crippen molar-refractivity contribution >= 4 is 34.9 Å². The summed E-state index contributed by atoms with van der Waals surface area (Å²) in [5.41, 5.74) is 3.96. The van der Waals surface area contributed by atoms with Crippen LogP contribution in [0.3, 0.4) is 0 Å². The Bertz CT molecular complexity index is 1600. The van der Waals surface area contributed by atoms with E-state index < -0.39 is 0 Å². The molecule has 10 atom stereocenters. The molecule has 5 aliphatic carbocycles. The molecule has 0 aromatic heterocycles. The van der Waals surface area contributed by atoms with Crippen LogP contribution >= 0.6 is 12.2 Å². The van der Waals surface area contributed by atoms with Gasteiger partial charge in [0.1, 0.15) is 6.10 Å². The van der Waals surface area contributed by atoms with E-state index in [9.17, 15) is 4.79 Å². The fraction of sp³-hybridized carbons (Fsp3) is 0.750. The van der Waals surface area contributed by atoms with E-state index in [0.717, 1.165) is 81.9 Å². The van der Waals surface area contributed by atoms with Crippen molar-refractivity contribution in [1.82, 2.24) is 9.80 Å². The number of piperazine rings is 1. The molecule has 51 heavy (non-hydrogen) atoms. The topological polar surface area (TPSA) is 61.9 Å². The van der Waals surface area contributed by atoms with Crippen LogP contribution in [0.2, 0.25) is 0 Å². The van der Waals surface area contributed by atoms with Gasteiger partial charge in [0.2, 0.25) is 5.91 Å². The quantitative estimate of drug-likeness (QED) is 0.191. The molecule has 1 aliphatic heterocycles. The monoisotopic (exact) mass is 715 g/mol. The molecule has 1 N–H and O–H groups in total. The number of thiocarbonyl (C=S) groups is 1. The second kappa shape index (κ2) is 12.9. The molecule has 1 saturated heterocycles. The molecule has 5 fully saturated rings. The normalized spacial score (nSPS) is 41.5. The van der Waals surface area contributed by atoms with E-state index >= 15 is 4.79 Å². The molecule has 0 spiro atoms. The summed E-state index contributed by atoms with van der Waals surface area (Å²) >= 11 is 5.84. The molecule has 0 unspecified atom stereocenters. The molecule has 280 valence electrons. The number of aryl methyl sites for hydroxylation is 1. The molecule has 1 heterocycles. The number of ether oxygens (including phenoxy) is 1. The number of carbonyl (C=O) groups is 2. The fourth-order valence-corrected chi connectivity index (χ4v) is 13.9. The van der Waals surface area contributed by atoms with Crippen molar-refractivity contribution < 1.29 is 14.3 Å². The number of nitrogens with zero attached hydrogens (tertiary/aromatic N) is 2. The Morgan fingerprint density at radius 1 is 0.882 bits per heavy atom. The van der Waals surface area contributed by atoms with E-state index in [2.05, 4.69) is 101 Å². The molecule has 0 radical (unpaired) electrons. The van der Waals surface area contributed by atoms with Gasteiger partial charge >= 0.3 is 5.97 Å². The highest BCUT2D eigenvalue weighted by molar-refractivity contribution is 7.80. The van der Waals surface area contributed by atoms with Crippen LogP contribution in [0.4, 0.5) is 5.69 Å². The maximum absolute atomic E-state index is 15.1. The van der Waals surface area contributed by atoms with Crippen LogP contribution in [-0.2, 0) is 14.3 Å². The molecular weight excluding hydrogens is 651 g/mol. The zero-order chi connectivity index (χ0) is 36.7. The lowest BCUT2D eigenvalue weighted by Crippen LogP contribution is -2.66. The van der Waals surface area contributed by atoms with Gasteiger partial charge in [0.05, 0.1) is 5.41 Å². The zero-order valence-corrected chi connectivity index (χ0v) is 33.9. The maximum atomic E-state index is 15.1. The highest BCUT2D eigenvalue weighted by Gasteiger charge is 2.70. The Labute approximate surface area is 313 Å². The lowest BCUT2D eigenvalue weighted by molar-refractivity contribution is -0.213. The van der Waals surface area contributed by atoms with Crippen molar-refractivity contribution in [1.29, 1.82) is 0 Å². The Kier molecular flexibility index (Phi) is 9.32. The van der Waals surface area contributed by atoms with Crippen molar-refractivity contribution in [2.24, 2.45) is 56.7 Å². The summed E-state index contributed by atoms with van der Waals surface area (Å²) in [6.07, 6.45) is 12.5. The van der Waals surface area contributed by atoms with Crippen LogP contribution in [0.5, 0.6) is 0 Å². The number of esters is 1. The van der Waals surface area contributed by atoms with Crippen molar-refractivity contribution in [2.45, 2.75) is 126 Å². The number of benzene rings is 1. The first-order valence-corrected chi connectivity index (χ1v) is 20.7. The van der Waals surface area contributed by atoms with Crippen molar-refractivity contribution in [3.05, 3.63) is 41.5 Å². The summed E-state index contributed by atoms with van der Waals surface area (Å²) in [5, 5.41) is 4.19. The fourth-order valence-electron chi connectivity index (χ4n) is 13.6. The molecule has 1 aromatic carbocycles. The molecule has 7 rings (SSSR count). The Morgan fingerprint density at radius 2 is 1.59 bits per heavy atom. The Balaban J connectivity index is 1.14. The molecule has 6 nitrogen and oxygen atoms in total. The van der Waals surface area contributed by atoms with Gasteiger partial charge in [0, 0.05) is 44.2 Å². The van der Waals surface area contributed by atoms with Gasteiger partial charge in [0.15, 0.2) is 5.11 Å². The van der Waals surface area contributed by atoms with Gasteiger partial charge in [-0.1, -0.05) is 72.2 Å². The minimum Gasteiger partial charge on any atom is -0.462 e. The first-order chi connectivity index (χ1) is 24.0. The standard InChI is InChI=1S/C44H65N3O3S/c1-28-11-10-12-32(27-28)45-39(51)47-25-23-46(24-26-47)38(49)44-20-15-29(2)30(3)37(44)33-13-14-35-41(7)18-17-36(50-31(4)48)40(5,6)34(41)16-19-43(35,9)42(33,8)21-22-44/h10-13,27,29-30,34-37H,14-26H2,1-9H3,(H,45,51)/t29-,30+,34+,35-,36+,37+,41+,42-,43-,44+/m1/s1. The predicted molar refractivity (Wildman–Crippen MR) is 210 cm³/mol. The van der Waals surface area contributed by atoms with Gasteiger partial charge in [-0.2, -0.15) is 0 Å². The van der Waals surface area contributed by atoms with Crippen molar-refractivity contribution in [2.75, 3.05) is 31.5 Å². The van der Waals surface area contributed by atoms with Crippen LogP contribution in [0.1, 0.15) is 119 Å². The summed E-state index contributed by atoms with van der Waals surface area (Å²) in [7, 11) is 0. The molecule has 1 aromatic rings. The van der Waals surface area contributed by atoms with Crippen LogP contribution < -0.4 is 5.32 Å². The van der Waals surface area contributed by atoms with Gasteiger partial charge in [-0.3, -0.25) is 9.59 Å². The van der Waals surface area contributed by atoms with Crippen LogP contribution in [0.25, 0.3) is 0 Å². The van der Waals surface area contributed by atoms with Gasteiger partial charge in [-0.25, -0.2) is 0 Å². The summed E-state index contributed by atoms with van der Waals surface area (Å²) in [4.78, 5) is 31.7. The minimum atomic E-state index is -0.311. The number of hydrogen-bond acceptors (Lipinski definition) is 4. The third-order valence-electron chi connectivity index (χ3n) is 16.8. The van der Waals surface area contributed by atoms with E-state index in [1.165, 1.54) is 18.4 Å². The smallest absolute Gasteiger partial charge is 0.302 e. The van der Waals surface area contributed by atoms with Gasteiger partial charge in [0.25, 0.3) is 0 Å². The summed E-state index contributed by atoms with van der Waals surface area (Å²) in [6, 6.07) is 8.34. The SMILES string of the molecule is CC(=O)O[C@H]1CC[C@]2(C)[C@H]3CC=C4[C@@H]5[C@@H](C)[C@H](C)CC[C@]5(C(=O)N5CCN(C(=S)Nc6cccc(C)c6)CC5)CC[C@@]4(C)[C@]3(C)CC[C@H]2C1(C)C. The lowest BCUT2D eigenvalue weighted by Gasteiger charge is -2.71. The van der Waals surface area contributed by atoms with Crippen LogP contribution in [-0.4, -0.2) is 59.1 Å². The van der Waals surface area contributed by atoms with Crippen LogP contribution in [0.15, 0.2) is 35.9 Å². The average molecular weight is 716 g/mol. The summed E-state index contributed by atoms with van der Waals surface area (Å²) < 4.78 is 5.98. The van der Waals surface area contributed by atoms with Gasteiger partial charge < -0.3 is 19.9 Å². The Hall–Kier alpha value is -2.41.